The first-order chi connectivity index (χ1) is 9.69. The van der Waals surface area contributed by atoms with Crippen LogP contribution in [0.15, 0.2) is 36.5 Å². The van der Waals surface area contributed by atoms with Crippen LogP contribution in [0, 0.1) is 0 Å². The van der Waals surface area contributed by atoms with Crippen molar-refractivity contribution in [3.63, 3.8) is 0 Å². The van der Waals surface area contributed by atoms with Gasteiger partial charge >= 0.3 is 0 Å². The highest BCUT2D eigenvalue weighted by atomic mass is 15.3. The summed E-state index contributed by atoms with van der Waals surface area (Å²) in [6.45, 7) is 5.01. The predicted octanol–water partition coefficient (Wildman–Crippen LogP) is 2.72. The Morgan fingerprint density at radius 2 is 2.00 bits per heavy atom. The molecule has 5 nitrogen and oxygen atoms in total. The molecule has 0 spiro atoms. The molecule has 0 saturated carbocycles. The number of nitrogens with zero attached hydrogens (tertiary/aromatic N) is 4. The van der Waals surface area contributed by atoms with Crippen LogP contribution >= 0.6 is 0 Å². The second kappa shape index (κ2) is 6.84. The minimum atomic E-state index is 0.374. The highest BCUT2D eigenvalue weighted by molar-refractivity contribution is 5.39. The second-order valence-electron chi connectivity index (χ2n) is 4.94. The van der Waals surface area contributed by atoms with E-state index in [4.69, 9.17) is 0 Å². The van der Waals surface area contributed by atoms with Gasteiger partial charge < -0.3 is 10.2 Å². The molecule has 1 N–H and O–H groups in total. The predicted molar refractivity (Wildman–Crippen MR) is 81.8 cm³/mol. The Balaban J connectivity index is 2.06. The van der Waals surface area contributed by atoms with Crippen LogP contribution in [0.5, 0.6) is 0 Å². The van der Waals surface area contributed by atoms with E-state index in [1.807, 2.05) is 30.1 Å². The van der Waals surface area contributed by atoms with Crippen molar-refractivity contribution in [1.29, 1.82) is 0 Å². The highest BCUT2D eigenvalue weighted by Gasteiger charge is 2.08. The molecule has 2 rings (SSSR count). The molecule has 0 aliphatic heterocycles. The van der Waals surface area contributed by atoms with Crippen LogP contribution in [0.1, 0.15) is 25.8 Å². The second-order valence-corrected chi connectivity index (χ2v) is 4.94. The van der Waals surface area contributed by atoms with Crippen molar-refractivity contribution in [3.05, 3.63) is 42.1 Å². The number of nitrogens with one attached hydrogen (secondary N) is 1. The van der Waals surface area contributed by atoms with E-state index in [1.165, 1.54) is 5.56 Å². The average Bonchev–Trinajstić information content (AvgIpc) is 2.48. The van der Waals surface area contributed by atoms with Crippen LogP contribution < -0.4 is 10.2 Å². The summed E-state index contributed by atoms with van der Waals surface area (Å²) in [5.41, 5.74) is 1.22. The van der Waals surface area contributed by atoms with Crippen LogP contribution in [0.4, 0.5) is 11.8 Å². The van der Waals surface area contributed by atoms with E-state index in [0.717, 1.165) is 18.8 Å². The summed E-state index contributed by atoms with van der Waals surface area (Å²) in [5.74, 6) is 1.39. The molecule has 0 bridgehead atoms. The Labute approximate surface area is 120 Å². The number of rotatable bonds is 6. The molecule has 0 amide bonds. The molecule has 0 radical (unpaired) electrons. The summed E-state index contributed by atoms with van der Waals surface area (Å²) in [4.78, 5) is 6.49. The molecule has 20 heavy (non-hydrogen) atoms. The Kier molecular flexibility index (Phi) is 4.87. The zero-order valence-electron chi connectivity index (χ0n) is 12.2. The summed E-state index contributed by atoms with van der Waals surface area (Å²) >= 11 is 0. The molecular formula is C15H21N5. The number of hydrogen-bond acceptors (Lipinski definition) is 5. The lowest BCUT2D eigenvalue weighted by atomic mass is 10.2. The lowest BCUT2D eigenvalue weighted by molar-refractivity contribution is 0.750. The van der Waals surface area contributed by atoms with Gasteiger partial charge in [0.05, 0.1) is 6.20 Å². The maximum absolute atomic E-state index is 4.50. The first kappa shape index (κ1) is 14.2. The number of benzene rings is 1. The van der Waals surface area contributed by atoms with Crippen molar-refractivity contribution in [2.45, 2.75) is 32.9 Å². The van der Waals surface area contributed by atoms with Crippen LogP contribution in [-0.2, 0) is 6.54 Å². The summed E-state index contributed by atoms with van der Waals surface area (Å²) in [6.07, 6.45) is 2.70. The number of aromatic nitrogens is 3. The van der Waals surface area contributed by atoms with Gasteiger partial charge in [-0.15, -0.1) is 5.10 Å². The van der Waals surface area contributed by atoms with Gasteiger partial charge in [-0.25, -0.2) is 0 Å². The molecule has 106 valence electrons. The standard InChI is InChI=1S/C15H21N5/c1-4-12(2)17-14-10-16-19-15(18-14)20(3)11-13-8-6-5-7-9-13/h5-10,12H,4,11H2,1-3H3,(H,17,18,19). The lowest BCUT2D eigenvalue weighted by Crippen LogP contribution is -2.21. The van der Waals surface area contributed by atoms with Gasteiger partial charge in [0.25, 0.3) is 0 Å². The smallest absolute Gasteiger partial charge is 0.247 e. The van der Waals surface area contributed by atoms with Gasteiger partial charge in [-0.2, -0.15) is 10.1 Å². The van der Waals surface area contributed by atoms with Crippen LogP contribution in [0.25, 0.3) is 0 Å². The normalized spacial score (nSPS) is 11.9. The third-order valence-corrected chi connectivity index (χ3v) is 3.16. The molecule has 1 aromatic carbocycles. The summed E-state index contributed by atoms with van der Waals surface area (Å²) in [6, 6.07) is 10.6. The monoisotopic (exact) mass is 271 g/mol. The van der Waals surface area contributed by atoms with Crippen molar-refractivity contribution >= 4 is 11.8 Å². The molecule has 1 heterocycles. The first-order valence-corrected chi connectivity index (χ1v) is 6.90. The highest BCUT2D eigenvalue weighted by Crippen LogP contribution is 2.12. The van der Waals surface area contributed by atoms with Crippen molar-refractivity contribution in [2.75, 3.05) is 17.3 Å². The third kappa shape index (κ3) is 3.91. The molecule has 1 aromatic heterocycles. The third-order valence-electron chi connectivity index (χ3n) is 3.16. The van der Waals surface area contributed by atoms with E-state index in [0.29, 0.717) is 12.0 Å². The van der Waals surface area contributed by atoms with Crippen molar-refractivity contribution < 1.29 is 0 Å². The Morgan fingerprint density at radius 1 is 1.25 bits per heavy atom. The summed E-state index contributed by atoms with van der Waals surface area (Å²) < 4.78 is 0. The van der Waals surface area contributed by atoms with E-state index >= 15 is 0 Å². The van der Waals surface area contributed by atoms with E-state index in [2.05, 4.69) is 46.5 Å². The van der Waals surface area contributed by atoms with Crippen LogP contribution in [-0.4, -0.2) is 28.3 Å². The van der Waals surface area contributed by atoms with Gasteiger partial charge in [0.1, 0.15) is 0 Å². The van der Waals surface area contributed by atoms with Gasteiger partial charge in [0, 0.05) is 19.6 Å². The molecule has 0 aliphatic carbocycles. The minimum absolute atomic E-state index is 0.374. The molecular weight excluding hydrogens is 250 g/mol. The fourth-order valence-electron chi connectivity index (χ4n) is 1.81. The molecule has 5 heteroatoms. The van der Waals surface area contributed by atoms with Crippen LogP contribution in [0.3, 0.4) is 0 Å². The fourth-order valence-corrected chi connectivity index (χ4v) is 1.81. The Hall–Kier alpha value is -2.17. The van der Waals surface area contributed by atoms with Crippen molar-refractivity contribution in [3.8, 4) is 0 Å². The van der Waals surface area contributed by atoms with Gasteiger partial charge in [-0.1, -0.05) is 37.3 Å². The van der Waals surface area contributed by atoms with E-state index in [1.54, 1.807) is 6.20 Å². The van der Waals surface area contributed by atoms with Crippen molar-refractivity contribution in [1.82, 2.24) is 15.2 Å². The minimum Gasteiger partial charge on any atom is -0.366 e. The van der Waals surface area contributed by atoms with Gasteiger partial charge in [0.2, 0.25) is 5.95 Å². The maximum atomic E-state index is 4.50. The molecule has 0 aliphatic rings. The lowest BCUT2D eigenvalue weighted by Gasteiger charge is -2.18. The topological polar surface area (TPSA) is 53.9 Å². The number of anilines is 2. The van der Waals surface area contributed by atoms with E-state index in [9.17, 15) is 0 Å². The van der Waals surface area contributed by atoms with E-state index in [-0.39, 0.29) is 0 Å². The van der Waals surface area contributed by atoms with Gasteiger partial charge in [0.15, 0.2) is 5.82 Å². The van der Waals surface area contributed by atoms with Crippen LogP contribution in [0.2, 0.25) is 0 Å². The summed E-state index contributed by atoms with van der Waals surface area (Å²) in [5, 5.41) is 11.4. The van der Waals surface area contributed by atoms with E-state index < -0.39 is 0 Å². The first-order valence-electron chi connectivity index (χ1n) is 6.90. The molecule has 1 unspecified atom stereocenters. The summed E-state index contributed by atoms with van der Waals surface area (Å²) in [7, 11) is 1.97. The fraction of sp³-hybridized carbons (Fsp3) is 0.400. The van der Waals surface area contributed by atoms with Crippen molar-refractivity contribution in [2.24, 2.45) is 0 Å². The average molecular weight is 271 g/mol. The number of hydrogen-bond donors (Lipinski definition) is 1. The van der Waals surface area contributed by atoms with Gasteiger partial charge in [-0.05, 0) is 18.9 Å². The molecule has 0 saturated heterocycles. The largest absolute Gasteiger partial charge is 0.366 e. The quantitative estimate of drug-likeness (QED) is 0.875. The Bertz CT molecular complexity index is 529. The van der Waals surface area contributed by atoms with Gasteiger partial charge in [-0.3, -0.25) is 0 Å². The maximum Gasteiger partial charge on any atom is 0.247 e. The Morgan fingerprint density at radius 3 is 2.70 bits per heavy atom. The zero-order valence-corrected chi connectivity index (χ0v) is 12.2. The molecule has 0 fully saturated rings. The SMILES string of the molecule is CCC(C)Nc1cnnc(N(C)Cc2ccccc2)n1. The molecule has 1 atom stereocenters. The molecule has 2 aromatic rings. The zero-order chi connectivity index (χ0) is 14.4.